The molecular formula is C15H16N4S. The number of nitrogens with zero attached hydrogens (tertiary/aromatic N) is 4. The zero-order valence-corrected chi connectivity index (χ0v) is 12.2. The van der Waals surface area contributed by atoms with E-state index in [9.17, 15) is 0 Å². The van der Waals surface area contributed by atoms with Gasteiger partial charge in [0.15, 0.2) is 5.65 Å². The first-order valence-electron chi connectivity index (χ1n) is 6.71. The van der Waals surface area contributed by atoms with Gasteiger partial charge in [-0.1, -0.05) is 37.3 Å². The zero-order valence-electron chi connectivity index (χ0n) is 11.4. The highest BCUT2D eigenvalue weighted by Gasteiger charge is 2.09. The van der Waals surface area contributed by atoms with Gasteiger partial charge < -0.3 is 0 Å². The Morgan fingerprint density at radius 2 is 2.00 bits per heavy atom. The van der Waals surface area contributed by atoms with Crippen molar-refractivity contribution in [3.63, 3.8) is 0 Å². The lowest BCUT2D eigenvalue weighted by atomic mass is 10.2. The summed E-state index contributed by atoms with van der Waals surface area (Å²) >= 11 is 1.73. The van der Waals surface area contributed by atoms with E-state index in [0.717, 1.165) is 34.8 Å². The summed E-state index contributed by atoms with van der Waals surface area (Å²) in [6, 6.07) is 10.4. The Balaban J connectivity index is 1.85. The van der Waals surface area contributed by atoms with Crippen LogP contribution in [0.3, 0.4) is 0 Å². The van der Waals surface area contributed by atoms with Crippen molar-refractivity contribution in [3.05, 3.63) is 48.4 Å². The highest BCUT2D eigenvalue weighted by atomic mass is 32.2. The lowest BCUT2D eigenvalue weighted by molar-refractivity contribution is 0.616. The molecule has 5 heteroatoms. The highest BCUT2D eigenvalue weighted by molar-refractivity contribution is 7.98. The van der Waals surface area contributed by atoms with Crippen molar-refractivity contribution in [2.75, 3.05) is 0 Å². The van der Waals surface area contributed by atoms with Gasteiger partial charge in [-0.2, -0.15) is 5.10 Å². The summed E-state index contributed by atoms with van der Waals surface area (Å²) in [5.41, 5.74) is 2.22. The molecule has 0 fully saturated rings. The molecule has 0 bridgehead atoms. The largest absolute Gasteiger partial charge is 0.247 e. The lowest BCUT2D eigenvalue weighted by Crippen LogP contribution is -2.00. The Bertz CT molecular complexity index is 693. The van der Waals surface area contributed by atoms with Crippen LogP contribution in [0.25, 0.3) is 11.0 Å². The van der Waals surface area contributed by atoms with Crippen molar-refractivity contribution in [3.8, 4) is 0 Å². The molecule has 0 saturated heterocycles. The second-order valence-electron chi connectivity index (χ2n) is 4.56. The minimum absolute atomic E-state index is 0.892. The molecule has 0 unspecified atom stereocenters. The maximum absolute atomic E-state index is 4.40. The molecule has 0 amide bonds. The average molecular weight is 284 g/mol. The van der Waals surface area contributed by atoms with Crippen molar-refractivity contribution in [2.24, 2.45) is 0 Å². The van der Waals surface area contributed by atoms with E-state index in [1.54, 1.807) is 18.1 Å². The van der Waals surface area contributed by atoms with E-state index in [2.05, 4.69) is 46.3 Å². The van der Waals surface area contributed by atoms with E-state index in [-0.39, 0.29) is 0 Å². The molecule has 2 aromatic heterocycles. The first-order chi connectivity index (χ1) is 9.88. The minimum atomic E-state index is 0.892. The van der Waals surface area contributed by atoms with Gasteiger partial charge in [0.2, 0.25) is 0 Å². The molecule has 2 heterocycles. The third-order valence-electron chi connectivity index (χ3n) is 3.05. The molecule has 0 radical (unpaired) electrons. The van der Waals surface area contributed by atoms with E-state index in [4.69, 9.17) is 0 Å². The Morgan fingerprint density at radius 3 is 2.80 bits per heavy atom. The minimum Gasteiger partial charge on any atom is -0.247 e. The maximum Gasteiger partial charge on any atom is 0.162 e. The molecule has 20 heavy (non-hydrogen) atoms. The number of rotatable bonds is 5. The Labute approximate surface area is 122 Å². The molecule has 1 aromatic carbocycles. The topological polar surface area (TPSA) is 43.6 Å². The first-order valence-corrected chi connectivity index (χ1v) is 7.70. The average Bonchev–Trinajstić information content (AvgIpc) is 2.91. The van der Waals surface area contributed by atoms with Crippen LogP contribution in [0.2, 0.25) is 0 Å². The molecule has 0 aliphatic heterocycles. The van der Waals surface area contributed by atoms with Gasteiger partial charge in [0.05, 0.1) is 11.6 Å². The maximum atomic E-state index is 4.40. The van der Waals surface area contributed by atoms with Gasteiger partial charge in [-0.25, -0.2) is 14.6 Å². The van der Waals surface area contributed by atoms with Gasteiger partial charge in [-0.05, 0) is 12.0 Å². The summed E-state index contributed by atoms with van der Waals surface area (Å²) in [4.78, 5) is 8.75. The smallest absolute Gasteiger partial charge is 0.162 e. The molecule has 0 N–H and O–H groups in total. The first kappa shape index (κ1) is 13.1. The summed E-state index contributed by atoms with van der Waals surface area (Å²) in [5, 5.41) is 6.45. The van der Waals surface area contributed by atoms with Gasteiger partial charge in [0, 0.05) is 12.3 Å². The second-order valence-corrected chi connectivity index (χ2v) is 5.52. The molecule has 0 aliphatic carbocycles. The van der Waals surface area contributed by atoms with Gasteiger partial charge in [0.25, 0.3) is 0 Å². The third kappa shape index (κ3) is 2.67. The van der Waals surface area contributed by atoms with Crippen LogP contribution in [0.5, 0.6) is 0 Å². The molecule has 102 valence electrons. The van der Waals surface area contributed by atoms with Gasteiger partial charge in [-0.3, -0.25) is 0 Å². The summed E-state index contributed by atoms with van der Waals surface area (Å²) in [6.07, 6.45) is 4.55. The monoisotopic (exact) mass is 284 g/mol. The van der Waals surface area contributed by atoms with Crippen molar-refractivity contribution in [1.29, 1.82) is 0 Å². The van der Waals surface area contributed by atoms with Gasteiger partial charge in [-0.15, -0.1) is 11.8 Å². The fourth-order valence-electron chi connectivity index (χ4n) is 2.09. The zero-order chi connectivity index (χ0) is 13.8. The van der Waals surface area contributed by atoms with Crippen LogP contribution in [-0.2, 0) is 12.3 Å². The van der Waals surface area contributed by atoms with Crippen LogP contribution in [0.15, 0.2) is 47.9 Å². The van der Waals surface area contributed by atoms with Crippen molar-refractivity contribution in [2.45, 2.75) is 30.7 Å². The van der Waals surface area contributed by atoms with Crippen LogP contribution in [0.4, 0.5) is 0 Å². The van der Waals surface area contributed by atoms with Crippen LogP contribution in [-0.4, -0.2) is 19.7 Å². The number of fused-ring (bicyclic) bond motifs is 1. The number of hydrogen-bond acceptors (Lipinski definition) is 4. The van der Waals surface area contributed by atoms with Gasteiger partial charge in [0.1, 0.15) is 11.4 Å². The summed E-state index contributed by atoms with van der Waals surface area (Å²) in [6.45, 7) is 3.03. The fourth-order valence-corrected chi connectivity index (χ4v) is 3.00. The number of aryl methyl sites for hydroxylation is 1. The Kier molecular flexibility index (Phi) is 3.97. The number of benzene rings is 1. The van der Waals surface area contributed by atoms with E-state index < -0.39 is 0 Å². The second kappa shape index (κ2) is 6.05. The highest BCUT2D eigenvalue weighted by Crippen LogP contribution is 2.27. The standard InChI is InChI=1S/C15H16N4S/c1-2-8-19-14-13(9-18-19)15(17-11-16-14)20-10-12-6-4-3-5-7-12/h3-7,9,11H,2,8,10H2,1H3. The van der Waals surface area contributed by atoms with Crippen molar-refractivity contribution in [1.82, 2.24) is 19.7 Å². The molecule has 3 aromatic rings. The normalized spacial score (nSPS) is 11.1. The SMILES string of the molecule is CCCn1ncc2c(SCc3ccccc3)ncnc21. The fraction of sp³-hybridized carbons (Fsp3) is 0.267. The molecular weight excluding hydrogens is 268 g/mol. The Hall–Kier alpha value is -1.88. The van der Waals surface area contributed by atoms with Crippen molar-refractivity contribution < 1.29 is 0 Å². The summed E-state index contributed by atoms with van der Waals surface area (Å²) in [7, 11) is 0. The van der Waals surface area contributed by atoms with E-state index in [1.807, 2.05) is 16.9 Å². The molecule has 3 rings (SSSR count). The molecule has 0 atom stereocenters. The number of thioether (sulfide) groups is 1. The summed E-state index contributed by atoms with van der Waals surface area (Å²) < 4.78 is 1.95. The summed E-state index contributed by atoms with van der Waals surface area (Å²) in [5.74, 6) is 0.909. The number of aromatic nitrogens is 4. The van der Waals surface area contributed by atoms with E-state index >= 15 is 0 Å². The van der Waals surface area contributed by atoms with Crippen LogP contribution >= 0.6 is 11.8 Å². The van der Waals surface area contributed by atoms with Crippen LogP contribution in [0.1, 0.15) is 18.9 Å². The van der Waals surface area contributed by atoms with Crippen LogP contribution in [0, 0.1) is 0 Å². The quantitative estimate of drug-likeness (QED) is 0.531. The molecule has 4 nitrogen and oxygen atoms in total. The molecule has 0 saturated carbocycles. The Morgan fingerprint density at radius 1 is 1.15 bits per heavy atom. The third-order valence-corrected chi connectivity index (χ3v) is 4.13. The van der Waals surface area contributed by atoms with Gasteiger partial charge >= 0.3 is 0 Å². The van der Waals surface area contributed by atoms with Crippen LogP contribution < -0.4 is 0 Å². The molecule has 0 spiro atoms. The number of hydrogen-bond donors (Lipinski definition) is 0. The van der Waals surface area contributed by atoms with E-state index in [0.29, 0.717) is 0 Å². The predicted octanol–water partition coefficient (Wildman–Crippen LogP) is 3.53. The van der Waals surface area contributed by atoms with Crippen molar-refractivity contribution >= 4 is 22.8 Å². The van der Waals surface area contributed by atoms with E-state index in [1.165, 1.54) is 5.56 Å². The lowest BCUT2D eigenvalue weighted by Gasteiger charge is -2.03. The molecule has 0 aliphatic rings. The predicted molar refractivity (Wildman–Crippen MR) is 81.6 cm³/mol.